The molecule has 1 aliphatic carbocycles. The Balaban J connectivity index is 1.56. The third-order valence-electron chi connectivity index (χ3n) is 6.98. The molecule has 3 fully saturated rings. The van der Waals surface area contributed by atoms with Gasteiger partial charge in [0.2, 0.25) is 0 Å². The van der Waals surface area contributed by atoms with Gasteiger partial charge in [0.25, 0.3) is 0 Å². The summed E-state index contributed by atoms with van der Waals surface area (Å²) in [7, 11) is -5.68. The van der Waals surface area contributed by atoms with Gasteiger partial charge in [-0.1, -0.05) is 13.3 Å². The summed E-state index contributed by atoms with van der Waals surface area (Å²) in [4.78, 5) is 6.10. The minimum Gasteiger partial charge on any atom is -0.376 e. The Hall–Kier alpha value is -1.74. The summed E-state index contributed by atoms with van der Waals surface area (Å²) < 4.78 is 65.2. The highest BCUT2D eigenvalue weighted by Crippen LogP contribution is 2.51. The van der Waals surface area contributed by atoms with Gasteiger partial charge in [-0.2, -0.15) is 21.6 Å². The molecule has 0 spiro atoms. The van der Waals surface area contributed by atoms with Crippen LogP contribution in [0.5, 0.6) is 5.75 Å². The van der Waals surface area contributed by atoms with E-state index in [1.807, 2.05) is 0 Å². The second-order valence-corrected chi connectivity index (χ2v) is 10.1. The van der Waals surface area contributed by atoms with Crippen molar-refractivity contribution in [2.45, 2.75) is 50.1 Å². The van der Waals surface area contributed by atoms with E-state index in [2.05, 4.69) is 21.0 Å². The van der Waals surface area contributed by atoms with Crippen LogP contribution in [0.25, 0.3) is 10.9 Å². The summed E-state index contributed by atoms with van der Waals surface area (Å²) in [6.45, 7) is 4.29. The minimum atomic E-state index is -5.68. The lowest BCUT2D eigenvalue weighted by atomic mass is 9.65. The molecule has 4 heterocycles. The van der Waals surface area contributed by atoms with Crippen LogP contribution in [0.4, 0.5) is 13.2 Å². The molecule has 2 saturated heterocycles. The topological polar surface area (TPSA) is 62.4 Å². The number of aromatic nitrogens is 1. The molecular formula is C20H23F3N2O3S. The molecule has 1 aromatic heterocycles. The third-order valence-corrected chi connectivity index (χ3v) is 7.96. The molecule has 2 aromatic rings. The SMILES string of the molecule is CCC1CC2CC3c4[nH]c5ccc(OS(=O)(=O)C(F)(F)F)cc5c4CCN(C2)C13. The van der Waals surface area contributed by atoms with E-state index in [-0.39, 0.29) is 5.75 Å². The molecule has 0 radical (unpaired) electrons. The van der Waals surface area contributed by atoms with Gasteiger partial charge in [-0.25, -0.2) is 0 Å². The highest BCUT2D eigenvalue weighted by Gasteiger charge is 2.50. The zero-order valence-corrected chi connectivity index (χ0v) is 16.8. The van der Waals surface area contributed by atoms with Crippen molar-refractivity contribution in [2.24, 2.45) is 11.8 Å². The highest BCUT2D eigenvalue weighted by molar-refractivity contribution is 7.88. The van der Waals surface area contributed by atoms with Gasteiger partial charge in [-0.05, 0) is 54.9 Å². The van der Waals surface area contributed by atoms with E-state index in [4.69, 9.17) is 0 Å². The van der Waals surface area contributed by atoms with Crippen LogP contribution in [0.15, 0.2) is 18.2 Å². The average Bonchev–Trinajstić information content (AvgIpc) is 2.97. The molecule has 6 rings (SSSR count). The minimum absolute atomic E-state index is 0.308. The van der Waals surface area contributed by atoms with Gasteiger partial charge in [0.15, 0.2) is 0 Å². The van der Waals surface area contributed by atoms with E-state index >= 15 is 0 Å². The molecular weight excluding hydrogens is 405 g/mol. The number of nitrogens with zero attached hydrogens (tertiary/aromatic N) is 1. The lowest BCUT2D eigenvalue weighted by Crippen LogP contribution is -2.56. The molecule has 9 heteroatoms. The molecule has 0 amide bonds. The fraction of sp³-hybridized carbons (Fsp3) is 0.600. The lowest BCUT2D eigenvalue weighted by molar-refractivity contribution is -0.0500. The van der Waals surface area contributed by atoms with Crippen LogP contribution in [0, 0.1) is 11.8 Å². The van der Waals surface area contributed by atoms with E-state index in [0.29, 0.717) is 23.8 Å². The molecule has 3 aliphatic heterocycles. The maximum atomic E-state index is 12.7. The first-order valence-corrected chi connectivity index (χ1v) is 11.5. The Morgan fingerprint density at radius 1 is 1.28 bits per heavy atom. The first kappa shape index (κ1) is 19.2. The van der Waals surface area contributed by atoms with Gasteiger partial charge in [-0.15, -0.1) is 0 Å². The summed E-state index contributed by atoms with van der Waals surface area (Å²) in [5.41, 5.74) is -2.37. The summed E-state index contributed by atoms with van der Waals surface area (Å²) in [6.07, 6.45) is 4.35. The number of halogens is 3. The number of aromatic amines is 1. The fourth-order valence-corrected chi connectivity index (χ4v) is 6.35. The maximum absolute atomic E-state index is 12.7. The van der Waals surface area contributed by atoms with Crippen molar-refractivity contribution in [3.63, 3.8) is 0 Å². The van der Waals surface area contributed by atoms with Crippen molar-refractivity contribution in [2.75, 3.05) is 13.1 Å². The second kappa shape index (κ2) is 6.38. The van der Waals surface area contributed by atoms with E-state index in [1.165, 1.54) is 24.2 Å². The molecule has 1 saturated carbocycles. The molecule has 5 unspecified atom stereocenters. The number of alkyl halides is 3. The van der Waals surface area contributed by atoms with Crippen molar-refractivity contribution in [3.8, 4) is 5.75 Å². The average molecular weight is 428 g/mol. The monoisotopic (exact) mass is 428 g/mol. The van der Waals surface area contributed by atoms with E-state index < -0.39 is 15.6 Å². The molecule has 4 aliphatic rings. The molecule has 4 bridgehead atoms. The number of hydrogen-bond acceptors (Lipinski definition) is 4. The van der Waals surface area contributed by atoms with Crippen molar-refractivity contribution >= 4 is 21.0 Å². The fourth-order valence-electron chi connectivity index (χ4n) is 5.90. The highest BCUT2D eigenvalue weighted by atomic mass is 32.2. The van der Waals surface area contributed by atoms with Gasteiger partial charge < -0.3 is 9.17 Å². The second-order valence-electron chi connectivity index (χ2n) is 8.56. The standard InChI is InChI=1S/C20H23F3N2O3S/c1-2-12-7-11-8-16-18-14(5-6-25(10-11)19(12)16)15-9-13(3-4-17(15)24-18)28-29(26,27)20(21,22)23/h3-4,9,11-12,16,19,24H,2,5-8,10H2,1H3. The van der Waals surface area contributed by atoms with Crippen LogP contribution in [-0.4, -0.2) is 42.9 Å². The zero-order valence-electron chi connectivity index (χ0n) is 16.0. The van der Waals surface area contributed by atoms with Crippen LogP contribution in [-0.2, 0) is 16.5 Å². The van der Waals surface area contributed by atoms with Gasteiger partial charge in [0.1, 0.15) is 5.75 Å². The molecule has 29 heavy (non-hydrogen) atoms. The molecule has 5 nitrogen and oxygen atoms in total. The number of benzene rings is 1. The number of H-pyrrole nitrogens is 1. The van der Waals surface area contributed by atoms with Crippen LogP contribution >= 0.6 is 0 Å². The van der Waals surface area contributed by atoms with Crippen molar-refractivity contribution in [3.05, 3.63) is 29.5 Å². The molecule has 5 atom stereocenters. The quantitative estimate of drug-likeness (QED) is 0.589. The Labute approximate surface area is 167 Å². The summed E-state index contributed by atoms with van der Waals surface area (Å²) in [6, 6.07) is 4.81. The van der Waals surface area contributed by atoms with Crippen molar-refractivity contribution in [1.29, 1.82) is 0 Å². The summed E-state index contributed by atoms with van der Waals surface area (Å²) >= 11 is 0. The molecule has 1 aromatic carbocycles. The smallest absolute Gasteiger partial charge is 0.376 e. The third kappa shape index (κ3) is 2.96. The van der Waals surface area contributed by atoms with Crippen molar-refractivity contribution in [1.82, 2.24) is 9.88 Å². The number of hydrogen-bond donors (Lipinski definition) is 1. The normalized spacial score (nSPS) is 31.5. The van der Waals surface area contributed by atoms with Crippen LogP contribution in [0.1, 0.15) is 43.4 Å². The number of nitrogens with one attached hydrogen (secondary N) is 1. The summed E-state index contributed by atoms with van der Waals surface area (Å²) in [5.74, 6) is 1.43. The predicted octanol–water partition coefficient (Wildman–Crippen LogP) is 4.16. The van der Waals surface area contributed by atoms with Gasteiger partial charge >= 0.3 is 15.6 Å². The first-order chi connectivity index (χ1) is 13.7. The van der Waals surface area contributed by atoms with Gasteiger partial charge in [0.05, 0.1) is 0 Å². The molecule has 158 valence electrons. The largest absolute Gasteiger partial charge is 0.534 e. The predicted molar refractivity (Wildman–Crippen MR) is 102 cm³/mol. The number of piperidine rings is 2. The van der Waals surface area contributed by atoms with Crippen molar-refractivity contribution < 1.29 is 25.8 Å². The van der Waals surface area contributed by atoms with E-state index in [0.717, 1.165) is 48.8 Å². The first-order valence-electron chi connectivity index (χ1n) is 10.1. The van der Waals surface area contributed by atoms with Gasteiger partial charge in [0, 0.05) is 41.6 Å². The Morgan fingerprint density at radius 2 is 2.07 bits per heavy atom. The van der Waals surface area contributed by atoms with Crippen LogP contribution in [0.3, 0.4) is 0 Å². The Bertz CT molecular complexity index is 1060. The van der Waals surface area contributed by atoms with E-state index in [1.54, 1.807) is 6.07 Å². The Kier molecular flexibility index (Phi) is 4.23. The van der Waals surface area contributed by atoms with Crippen LogP contribution < -0.4 is 4.18 Å². The molecule has 1 N–H and O–H groups in total. The van der Waals surface area contributed by atoms with Crippen LogP contribution in [0.2, 0.25) is 0 Å². The lowest BCUT2D eigenvalue weighted by Gasteiger charge is -2.53. The number of rotatable bonds is 3. The maximum Gasteiger partial charge on any atom is 0.534 e. The zero-order chi connectivity index (χ0) is 20.6. The Morgan fingerprint density at radius 3 is 2.79 bits per heavy atom. The number of fused-ring (bicyclic) bond motifs is 4. The van der Waals surface area contributed by atoms with Gasteiger partial charge in [-0.3, -0.25) is 4.90 Å². The van der Waals surface area contributed by atoms with E-state index in [9.17, 15) is 21.6 Å². The summed E-state index contributed by atoms with van der Waals surface area (Å²) in [5, 5.41) is 0.757.